The van der Waals surface area contributed by atoms with Crippen LogP contribution in [0.4, 0.5) is 4.79 Å². The summed E-state index contributed by atoms with van der Waals surface area (Å²) in [6.45, 7) is 0.537. The quantitative estimate of drug-likeness (QED) is 0.413. The average Bonchev–Trinajstić information content (AvgIpc) is 2.47. The molecule has 0 saturated heterocycles. The van der Waals surface area contributed by atoms with Crippen LogP contribution in [0.2, 0.25) is 0 Å². The fourth-order valence-electron chi connectivity index (χ4n) is 1.42. The van der Waals surface area contributed by atoms with E-state index in [1.54, 1.807) is 32.4 Å². The summed E-state index contributed by atoms with van der Waals surface area (Å²) in [5.74, 6) is 0.399. The largest absolute Gasteiger partial charge is 0.490 e. The highest BCUT2D eigenvalue weighted by atomic mass is 127. The molecule has 0 aliphatic rings. The molecule has 0 fully saturated rings. The van der Waals surface area contributed by atoms with Gasteiger partial charge in [0.15, 0.2) is 0 Å². The number of ether oxygens (including phenoxy) is 1. The van der Waals surface area contributed by atoms with Crippen LogP contribution in [0.15, 0.2) is 30.5 Å². The molecule has 0 atom stereocenters. The SMILES string of the molecule is CN(C)C(=O)C=CCN(CCOc1ccc(I)nc1)C(=O)O. The van der Waals surface area contributed by atoms with Crippen LogP contribution in [0.25, 0.3) is 0 Å². The number of rotatable bonds is 7. The van der Waals surface area contributed by atoms with E-state index in [0.717, 1.165) is 3.70 Å². The van der Waals surface area contributed by atoms with E-state index < -0.39 is 6.09 Å². The molecule has 0 spiro atoms. The van der Waals surface area contributed by atoms with Crippen LogP contribution in [0.5, 0.6) is 5.75 Å². The van der Waals surface area contributed by atoms with Crippen molar-refractivity contribution < 1.29 is 19.4 Å². The number of hydrogen-bond donors (Lipinski definition) is 1. The van der Waals surface area contributed by atoms with Gasteiger partial charge in [-0.1, -0.05) is 6.08 Å². The summed E-state index contributed by atoms with van der Waals surface area (Å²) in [5.41, 5.74) is 0. The Bertz CT molecular complexity index is 531. The lowest BCUT2D eigenvalue weighted by atomic mass is 10.4. The Morgan fingerprint density at radius 1 is 1.41 bits per heavy atom. The molecule has 1 aromatic rings. The number of carboxylic acid groups (broad SMARTS) is 1. The van der Waals surface area contributed by atoms with E-state index in [-0.39, 0.29) is 25.6 Å². The first-order chi connectivity index (χ1) is 10.4. The maximum atomic E-state index is 11.4. The molecule has 1 heterocycles. The Kier molecular flexibility index (Phi) is 7.64. The van der Waals surface area contributed by atoms with Crippen molar-refractivity contribution in [1.82, 2.24) is 14.8 Å². The number of amides is 2. The number of halogens is 1. The zero-order valence-corrected chi connectivity index (χ0v) is 14.6. The van der Waals surface area contributed by atoms with E-state index >= 15 is 0 Å². The number of nitrogens with zero attached hydrogens (tertiary/aromatic N) is 3. The first kappa shape index (κ1) is 18.2. The first-order valence-electron chi connectivity index (χ1n) is 6.50. The van der Waals surface area contributed by atoms with Gasteiger partial charge in [-0.05, 0) is 34.7 Å². The van der Waals surface area contributed by atoms with Crippen LogP contribution >= 0.6 is 22.6 Å². The molecule has 120 valence electrons. The highest BCUT2D eigenvalue weighted by molar-refractivity contribution is 14.1. The van der Waals surface area contributed by atoms with Gasteiger partial charge in [-0.2, -0.15) is 0 Å². The molecular weight excluding hydrogens is 401 g/mol. The Balaban J connectivity index is 2.42. The Morgan fingerprint density at radius 3 is 2.68 bits per heavy atom. The zero-order valence-electron chi connectivity index (χ0n) is 12.4. The summed E-state index contributed by atoms with van der Waals surface area (Å²) >= 11 is 2.09. The van der Waals surface area contributed by atoms with Gasteiger partial charge < -0.3 is 19.6 Å². The van der Waals surface area contributed by atoms with Crippen LogP contribution in [0, 0.1) is 3.70 Å². The van der Waals surface area contributed by atoms with E-state index in [2.05, 4.69) is 27.6 Å². The van der Waals surface area contributed by atoms with E-state index in [1.807, 2.05) is 0 Å². The number of likely N-dealkylation sites (N-methyl/N-ethyl adjacent to an activating group) is 1. The zero-order chi connectivity index (χ0) is 16.5. The van der Waals surface area contributed by atoms with Gasteiger partial charge in [0.2, 0.25) is 5.91 Å². The van der Waals surface area contributed by atoms with Gasteiger partial charge in [-0.15, -0.1) is 0 Å². The normalized spacial score (nSPS) is 10.5. The molecule has 1 rings (SSSR count). The summed E-state index contributed by atoms with van der Waals surface area (Å²) in [6, 6.07) is 3.58. The van der Waals surface area contributed by atoms with Crippen molar-refractivity contribution in [2.45, 2.75) is 0 Å². The van der Waals surface area contributed by atoms with E-state index in [4.69, 9.17) is 9.84 Å². The highest BCUT2D eigenvalue weighted by Crippen LogP contribution is 2.10. The smallest absolute Gasteiger partial charge is 0.407 e. The van der Waals surface area contributed by atoms with Gasteiger partial charge in [0.05, 0.1) is 12.7 Å². The lowest BCUT2D eigenvalue weighted by molar-refractivity contribution is -0.123. The van der Waals surface area contributed by atoms with Gasteiger partial charge >= 0.3 is 6.09 Å². The second-order valence-corrected chi connectivity index (χ2v) is 5.63. The standard InChI is InChI=1S/C14H18IN3O4/c1-17(2)13(19)4-3-7-18(14(20)21)8-9-22-11-5-6-12(15)16-10-11/h3-6,10H,7-9H2,1-2H3,(H,20,21). The number of carbonyl (C=O) groups excluding carboxylic acids is 1. The molecule has 22 heavy (non-hydrogen) atoms. The minimum Gasteiger partial charge on any atom is -0.490 e. The second kappa shape index (κ2) is 9.23. The van der Waals surface area contributed by atoms with Gasteiger partial charge in [0.1, 0.15) is 16.1 Å². The van der Waals surface area contributed by atoms with Crippen molar-refractivity contribution in [2.24, 2.45) is 0 Å². The number of carbonyl (C=O) groups is 2. The third kappa shape index (κ3) is 6.74. The topological polar surface area (TPSA) is 83.0 Å². The number of pyridine rings is 1. The predicted octanol–water partition coefficient (Wildman–Crippen LogP) is 1.69. The molecule has 0 saturated carbocycles. The van der Waals surface area contributed by atoms with Gasteiger partial charge in [0.25, 0.3) is 0 Å². The summed E-state index contributed by atoms with van der Waals surface area (Å²) in [6.07, 6.45) is 3.39. The molecule has 0 bridgehead atoms. The van der Waals surface area contributed by atoms with Crippen molar-refractivity contribution in [2.75, 3.05) is 33.8 Å². The molecule has 2 amide bonds. The number of hydrogen-bond acceptors (Lipinski definition) is 4. The van der Waals surface area contributed by atoms with Crippen molar-refractivity contribution >= 4 is 34.6 Å². The second-order valence-electron chi connectivity index (χ2n) is 4.53. The molecular formula is C14H18IN3O4. The molecule has 0 aliphatic carbocycles. The summed E-state index contributed by atoms with van der Waals surface area (Å²) < 4.78 is 6.29. The lowest BCUT2D eigenvalue weighted by Crippen LogP contribution is -2.33. The number of aromatic nitrogens is 1. The molecule has 0 aromatic carbocycles. The van der Waals surface area contributed by atoms with Crippen LogP contribution < -0.4 is 4.74 Å². The van der Waals surface area contributed by atoms with Crippen molar-refractivity contribution in [3.05, 3.63) is 34.2 Å². The Morgan fingerprint density at radius 2 is 2.14 bits per heavy atom. The Hall–Kier alpha value is -1.84. The molecule has 0 radical (unpaired) electrons. The maximum Gasteiger partial charge on any atom is 0.407 e. The van der Waals surface area contributed by atoms with Crippen molar-refractivity contribution in [3.63, 3.8) is 0 Å². The predicted molar refractivity (Wildman–Crippen MR) is 89.9 cm³/mol. The monoisotopic (exact) mass is 419 g/mol. The Labute approximate surface area is 142 Å². The summed E-state index contributed by atoms with van der Waals surface area (Å²) in [4.78, 5) is 29.1. The van der Waals surface area contributed by atoms with E-state index in [0.29, 0.717) is 5.75 Å². The van der Waals surface area contributed by atoms with Gasteiger partial charge in [-0.25, -0.2) is 9.78 Å². The van der Waals surface area contributed by atoms with Crippen molar-refractivity contribution in [1.29, 1.82) is 0 Å². The summed E-state index contributed by atoms with van der Waals surface area (Å²) in [5, 5.41) is 9.11. The van der Waals surface area contributed by atoms with Crippen molar-refractivity contribution in [3.8, 4) is 5.75 Å². The third-order valence-corrected chi connectivity index (χ3v) is 3.27. The molecule has 1 aromatic heterocycles. The van der Waals surface area contributed by atoms with Gasteiger partial charge in [-0.3, -0.25) is 4.79 Å². The van der Waals surface area contributed by atoms with Gasteiger partial charge in [0, 0.05) is 26.7 Å². The fraction of sp³-hybridized carbons (Fsp3) is 0.357. The van der Waals surface area contributed by atoms with Crippen LogP contribution in [-0.2, 0) is 4.79 Å². The lowest BCUT2D eigenvalue weighted by Gasteiger charge is -2.17. The minimum absolute atomic E-state index is 0.128. The fourth-order valence-corrected chi connectivity index (χ4v) is 1.74. The molecule has 0 aliphatic heterocycles. The van der Waals surface area contributed by atoms with Crippen LogP contribution in [-0.4, -0.2) is 65.7 Å². The average molecular weight is 419 g/mol. The molecule has 1 N–H and O–H groups in total. The van der Waals surface area contributed by atoms with Crippen LogP contribution in [0.1, 0.15) is 0 Å². The first-order valence-corrected chi connectivity index (χ1v) is 7.58. The minimum atomic E-state index is -1.06. The maximum absolute atomic E-state index is 11.4. The van der Waals surface area contributed by atoms with Crippen LogP contribution in [0.3, 0.4) is 0 Å². The van der Waals surface area contributed by atoms with E-state index in [1.165, 1.54) is 22.0 Å². The molecule has 7 nitrogen and oxygen atoms in total. The third-order valence-electron chi connectivity index (χ3n) is 2.63. The van der Waals surface area contributed by atoms with E-state index in [9.17, 15) is 9.59 Å². The molecule has 8 heteroatoms. The highest BCUT2D eigenvalue weighted by Gasteiger charge is 2.10. The summed E-state index contributed by atoms with van der Waals surface area (Å²) in [7, 11) is 3.26. The molecule has 0 unspecified atom stereocenters.